The van der Waals surface area contributed by atoms with Crippen LogP contribution in [0.1, 0.15) is 12.5 Å². The Morgan fingerprint density at radius 3 is 2.75 bits per heavy atom. The number of amides is 1. The maximum Gasteiger partial charge on any atom is 0.257 e. The standard InChI is InChI=1S/C16H20N2O2/c1-3-18-16(19)11-20-15-9-8-12-6-4-5-7-13(12)14(15)10-17-2/h4-9,17H,3,10-11H2,1-2H3,(H,18,19). The molecule has 106 valence electrons. The van der Waals surface area contributed by atoms with Crippen LogP contribution in [-0.2, 0) is 11.3 Å². The second-order valence-corrected chi connectivity index (χ2v) is 4.54. The second kappa shape index (κ2) is 6.91. The first-order valence-corrected chi connectivity index (χ1v) is 6.81. The molecule has 0 fully saturated rings. The zero-order valence-electron chi connectivity index (χ0n) is 11.9. The molecule has 0 saturated heterocycles. The lowest BCUT2D eigenvalue weighted by atomic mass is 10.0. The minimum Gasteiger partial charge on any atom is -0.483 e. The van der Waals surface area contributed by atoms with Gasteiger partial charge < -0.3 is 15.4 Å². The number of nitrogens with one attached hydrogen (secondary N) is 2. The van der Waals surface area contributed by atoms with Crippen molar-refractivity contribution in [3.8, 4) is 5.75 Å². The molecule has 0 aromatic heterocycles. The van der Waals surface area contributed by atoms with E-state index in [1.54, 1.807) is 0 Å². The molecular formula is C16H20N2O2. The summed E-state index contributed by atoms with van der Waals surface area (Å²) in [6, 6.07) is 12.1. The summed E-state index contributed by atoms with van der Waals surface area (Å²) >= 11 is 0. The highest BCUT2D eigenvalue weighted by atomic mass is 16.5. The van der Waals surface area contributed by atoms with E-state index in [0.29, 0.717) is 13.1 Å². The zero-order chi connectivity index (χ0) is 14.4. The Morgan fingerprint density at radius 2 is 2.00 bits per heavy atom. The van der Waals surface area contributed by atoms with Gasteiger partial charge in [-0.3, -0.25) is 4.79 Å². The number of hydrogen-bond donors (Lipinski definition) is 2. The molecule has 4 heteroatoms. The normalized spacial score (nSPS) is 10.5. The predicted molar refractivity (Wildman–Crippen MR) is 80.9 cm³/mol. The molecule has 0 heterocycles. The fourth-order valence-corrected chi connectivity index (χ4v) is 2.20. The number of carbonyl (C=O) groups is 1. The third-order valence-electron chi connectivity index (χ3n) is 3.08. The summed E-state index contributed by atoms with van der Waals surface area (Å²) in [5, 5.41) is 8.19. The molecule has 0 atom stereocenters. The molecule has 2 aromatic rings. The van der Waals surface area contributed by atoms with Gasteiger partial charge in [-0.05, 0) is 30.8 Å². The summed E-state index contributed by atoms with van der Waals surface area (Å²) in [5.41, 5.74) is 1.08. The maximum atomic E-state index is 11.5. The third kappa shape index (κ3) is 3.27. The number of likely N-dealkylation sites (N-methyl/N-ethyl adjacent to an activating group) is 1. The number of rotatable bonds is 6. The lowest BCUT2D eigenvalue weighted by Gasteiger charge is -2.14. The quantitative estimate of drug-likeness (QED) is 0.846. The van der Waals surface area contributed by atoms with Crippen LogP contribution in [0.5, 0.6) is 5.75 Å². The third-order valence-corrected chi connectivity index (χ3v) is 3.08. The van der Waals surface area contributed by atoms with E-state index in [1.807, 2.05) is 38.2 Å². The Labute approximate surface area is 119 Å². The number of fused-ring (bicyclic) bond motifs is 1. The van der Waals surface area contributed by atoms with Gasteiger partial charge in [-0.25, -0.2) is 0 Å². The number of carbonyl (C=O) groups excluding carboxylic acids is 1. The summed E-state index contributed by atoms with van der Waals surface area (Å²) < 4.78 is 5.66. The van der Waals surface area contributed by atoms with Crippen molar-refractivity contribution in [1.82, 2.24) is 10.6 Å². The highest BCUT2D eigenvalue weighted by Gasteiger charge is 2.09. The molecule has 0 saturated carbocycles. The van der Waals surface area contributed by atoms with Gasteiger partial charge in [0.05, 0.1) is 0 Å². The van der Waals surface area contributed by atoms with Crippen molar-refractivity contribution < 1.29 is 9.53 Å². The van der Waals surface area contributed by atoms with Crippen LogP contribution in [0.2, 0.25) is 0 Å². The lowest BCUT2D eigenvalue weighted by molar-refractivity contribution is -0.122. The molecule has 0 spiro atoms. The van der Waals surface area contributed by atoms with Crippen molar-refractivity contribution in [2.24, 2.45) is 0 Å². The van der Waals surface area contributed by atoms with Gasteiger partial charge in [-0.15, -0.1) is 0 Å². The molecule has 20 heavy (non-hydrogen) atoms. The van der Waals surface area contributed by atoms with E-state index in [0.717, 1.165) is 16.7 Å². The van der Waals surface area contributed by atoms with E-state index in [-0.39, 0.29) is 12.5 Å². The van der Waals surface area contributed by atoms with Crippen LogP contribution in [-0.4, -0.2) is 26.1 Å². The molecule has 0 bridgehead atoms. The Kier molecular flexibility index (Phi) is 4.96. The van der Waals surface area contributed by atoms with Crippen molar-refractivity contribution in [2.75, 3.05) is 20.2 Å². The van der Waals surface area contributed by atoms with E-state index < -0.39 is 0 Å². The summed E-state index contributed by atoms with van der Waals surface area (Å²) in [4.78, 5) is 11.5. The summed E-state index contributed by atoms with van der Waals surface area (Å²) in [6.07, 6.45) is 0. The molecule has 1 amide bonds. The predicted octanol–water partition coefficient (Wildman–Crippen LogP) is 2.07. The van der Waals surface area contributed by atoms with Gasteiger partial charge in [0.25, 0.3) is 5.91 Å². The van der Waals surface area contributed by atoms with Crippen LogP contribution in [0, 0.1) is 0 Å². The Balaban J connectivity index is 2.27. The molecule has 0 aliphatic rings. The molecule has 2 N–H and O–H groups in total. The number of hydrogen-bond acceptors (Lipinski definition) is 3. The minimum atomic E-state index is -0.101. The first kappa shape index (κ1) is 14.3. The average molecular weight is 272 g/mol. The second-order valence-electron chi connectivity index (χ2n) is 4.54. The topological polar surface area (TPSA) is 50.4 Å². The van der Waals surface area contributed by atoms with Crippen LogP contribution in [0.4, 0.5) is 0 Å². The first-order chi connectivity index (χ1) is 9.76. The van der Waals surface area contributed by atoms with E-state index >= 15 is 0 Å². The zero-order valence-corrected chi connectivity index (χ0v) is 11.9. The van der Waals surface area contributed by atoms with Gasteiger partial charge >= 0.3 is 0 Å². The SMILES string of the molecule is CCNC(=O)COc1ccc2ccccc2c1CNC. The maximum absolute atomic E-state index is 11.5. The van der Waals surface area contributed by atoms with E-state index in [9.17, 15) is 4.79 Å². The largest absolute Gasteiger partial charge is 0.483 e. The van der Waals surface area contributed by atoms with Crippen LogP contribution in [0.15, 0.2) is 36.4 Å². The minimum absolute atomic E-state index is 0.0445. The molecule has 2 aromatic carbocycles. The number of ether oxygens (including phenoxy) is 1. The fraction of sp³-hybridized carbons (Fsp3) is 0.312. The van der Waals surface area contributed by atoms with Gasteiger partial charge in [0.15, 0.2) is 6.61 Å². The van der Waals surface area contributed by atoms with Crippen molar-refractivity contribution in [3.05, 3.63) is 42.0 Å². The van der Waals surface area contributed by atoms with Gasteiger partial charge in [-0.2, -0.15) is 0 Å². The summed E-state index contributed by atoms with van der Waals surface area (Å²) in [5.74, 6) is 0.653. The van der Waals surface area contributed by atoms with Gasteiger partial charge in [0.1, 0.15) is 5.75 Å². The smallest absolute Gasteiger partial charge is 0.257 e. The van der Waals surface area contributed by atoms with Crippen molar-refractivity contribution in [3.63, 3.8) is 0 Å². The Hall–Kier alpha value is -2.07. The molecule has 0 radical (unpaired) electrons. The van der Waals surface area contributed by atoms with Crippen LogP contribution in [0.25, 0.3) is 10.8 Å². The molecule has 0 aliphatic carbocycles. The van der Waals surface area contributed by atoms with Crippen LogP contribution >= 0.6 is 0 Å². The van der Waals surface area contributed by atoms with Gasteiger partial charge in [-0.1, -0.05) is 30.3 Å². The highest BCUT2D eigenvalue weighted by Crippen LogP contribution is 2.28. The van der Waals surface area contributed by atoms with Crippen molar-refractivity contribution in [2.45, 2.75) is 13.5 Å². The lowest BCUT2D eigenvalue weighted by Crippen LogP contribution is -2.28. The Morgan fingerprint density at radius 1 is 1.20 bits per heavy atom. The fourth-order valence-electron chi connectivity index (χ4n) is 2.20. The molecule has 4 nitrogen and oxygen atoms in total. The van der Waals surface area contributed by atoms with E-state index in [4.69, 9.17) is 4.74 Å². The summed E-state index contributed by atoms with van der Waals surface area (Å²) in [7, 11) is 1.90. The van der Waals surface area contributed by atoms with Crippen LogP contribution in [0.3, 0.4) is 0 Å². The average Bonchev–Trinajstić information content (AvgIpc) is 2.47. The molecule has 2 rings (SSSR count). The highest BCUT2D eigenvalue weighted by molar-refractivity contribution is 5.88. The van der Waals surface area contributed by atoms with Gasteiger partial charge in [0.2, 0.25) is 0 Å². The first-order valence-electron chi connectivity index (χ1n) is 6.81. The van der Waals surface area contributed by atoms with E-state index in [2.05, 4.69) is 22.8 Å². The van der Waals surface area contributed by atoms with Crippen molar-refractivity contribution >= 4 is 16.7 Å². The Bertz CT molecular complexity index is 596. The van der Waals surface area contributed by atoms with Gasteiger partial charge in [0, 0.05) is 18.7 Å². The summed E-state index contributed by atoms with van der Waals surface area (Å²) in [6.45, 7) is 3.25. The molecule has 0 aliphatic heterocycles. The number of benzene rings is 2. The monoisotopic (exact) mass is 272 g/mol. The molecular weight excluding hydrogens is 252 g/mol. The van der Waals surface area contributed by atoms with Crippen molar-refractivity contribution in [1.29, 1.82) is 0 Å². The molecule has 0 unspecified atom stereocenters. The van der Waals surface area contributed by atoms with Crippen LogP contribution < -0.4 is 15.4 Å². The van der Waals surface area contributed by atoms with E-state index in [1.165, 1.54) is 5.39 Å².